The maximum atomic E-state index is 12.3. The lowest BCUT2D eigenvalue weighted by Gasteiger charge is -2.18. The average Bonchev–Trinajstić information content (AvgIpc) is 2.41. The number of ether oxygens (including phenoxy) is 1. The first-order valence-corrected chi connectivity index (χ1v) is 8.16. The lowest BCUT2D eigenvalue weighted by Crippen LogP contribution is -2.39. The van der Waals surface area contributed by atoms with Crippen LogP contribution in [0.25, 0.3) is 0 Å². The number of methoxy groups -OCH3 is 1. The molecule has 0 saturated heterocycles. The Hall–Kier alpha value is -0.860. The van der Waals surface area contributed by atoms with Gasteiger partial charge in [0.25, 0.3) is 0 Å². The van der Waals surface area contributed by atoms with Gasteiger partial charge in [-0.25, -0.2) is 8.42 Å². The van der Waals surface area contributed by atoms with E-state index in [2.05, 4.69) is 5.32 Å². The minimum Gasteiger partial charge on any atom is -0.383 e. The van der Waals surface area contributed by atoms with Gasteiger partial charge in [-0.1, -0.05) is 29.3 Å². The Morgan fingerprint density at radius 1 is 1.38 bits per heavy atom. The van der Waals surface area contributed by atoms with Crippen LogP contribution in [0.5, 0.6) is 0 Å². The summed E-state index contributed by atoms with van der Waals surface area (Å²) in [5, 5.41) is 2.61. The molecule has 9 heteroatoms. The Kier molecular flexibility index (Phi) is 6.89. The number of hydrogen-bond acceptors (Lipinski definition) is 4. The number of benzene rings is 1. The number of rotatable bonds is 7. The standard InChI is InChI=1S/C12H16Cl2N2O4S/c1-16(8-11(17)15-6-7-20-2)21(18,19)10-5-3-4-9(13)12(10)14/h3-5H,6-8H2,1-2H3,(H,15,17). The van der Waals surface area contributed by atoms with E-state index in [-0.39, 0.29) is 21.5 Å². The van der Waals surface area contributed by atoms with Gasteiger partial charge in [0.15, 0.2) is 0 Å². The monoisotopic (exact) mass is 354 g/mol. The molecule has 1 amide bonds. The van der Waals surface area contributed by atoms with Gasteiger partial charge in [0, 0.05) is 20.7 Å². The van der Waals surface area contributed by atoms with E-state index in [1.54, 1.807) is 0 Å². The molecular formula is C12H16Cl2N2O4S. The molecule has 0 aliphatic heterocycles. The molecule has 0 saturated carbocycles. The molecule has 0 fully saturated rings. The van der Waals surface area contributed by atoms with Crippen molar-refractivity contribution in [1.82, 2.24) is 9.62 Å². The van der Waals surface area contributed by atoms with Crippen LogP contribution in [-0.4, -0.2) is 52.5 Å². The summed E-state index contributed by atoms with van der Waals surface area (Å²) < 4.78 is 30.4. The van der Waals surface area contributed by atoms with Gasteiger partial charge in [-0.05, 0) is 12.1 Å². The first-order valence-electron chi connectivity index (χ1n) is 5.96. The maximum absolute atomic E-state index is 12.3. The summed E-state index contributed by atoms with van der Waals surface area (Å²) in [5.74, 6) is -0.434. The highest BCUT2D eigenvalue weighted by molar-refractivity contribution is 7.89. The number of carbonyl (C=O) groups is 1. The van der Waals surface area contributed by atoms with Crippen molar-refractivity contribution in [2.75, 3.05) is 33.9 Å². The van der Waals surface area contributed by atoms with Gasteiger partial charge in [-0.15, -0.1) is 0 Å². The largest absolute Gasteiger partial charge is 0.383 e. The zero-order valence-electron chi connectivity index (χ0n) is 11.6. The second-order valence-electron chi connectivity index (χ2n) is 4.16. The van der Waals surface area contributed by atoms with Crippen molar-refractivity contribution in [3.8, 4) is 0 Å². The molecule has 118 valence electrons. The van der Waals surface area contributed by atoms with E-state index in [0.29, 0.717) is 13.2 Å². The summed E-state index contributed by atoms with van der Waals surface area (Å²) in [6.07, 6.45) is 0. The molecule has 1 N–H and O–H groups in total. The number of nitrogens with zero attached hydrogens (tertiary/aromatic N) is 1. The Labute approximate surface area is 134 Å². The van der Waals surface area contributed by atoms with Crippen LogP contribution in [0.15, 0.2) is 23.1 Å². The average molecular weight is 355 g/mol. The summed E-state index contributed by atoms with van der Waals surface area (Å²) in [4.78, 5) is 11.5. The second kappa shape index (κ2) is 7.95. The van der Waals surface area contributed by atoms with Crippen LogP contribution in [0, 0.1) is 0 Å². The molecule has 1 aromatic rings. The van der Waals surface area contributed by atoms with E-state index in [0.717, 1.165) is 4.31 Å². The molecule has 0 spiro atoms. The van der Waals surface area contributed by atoms with Crippen molar-refractivity contribution in [3.63, 3.8) is 0 Å². The fraction of sp³-hybridized carbons (Fsp3) is 0.417. The number of likely N-dealkylation sites (N-methyl/N-ethyl adjacent to an activating group) is 1. The van der Waals surface area contributed by atoms with Gasteiger partial charge in [0.1, 0.15) is 4.90 Å². The second-order valence-corrected chi connectivity index (χ2v) is 6.95. The first kappa shape index (κ1) is 18.2. The van der Waals surface area contributed by atoms with Crippen LogP contribution in [0.4, 0.5) is 0 Å². The van der Waals surface area contributed by atoms with Crippen molar-refractivity contribution in [3.05, 3.63) is 28.2 Å². The summed E-state index contributed by atoms with van der Waals surface area (Å²) in [7, 11) is -1.09. The van der Waals surface area contributed by atoms with Crippen LogP contribution in [0.2, 0.25) is 10.0 Å². The lowest BCUT2D eigenvalue weighted by molar-refractivity contribution is -0.121. The molecule has 1 aromatic carbocycles. The van der Waals surface area contributed by atoms with E-state index in [9.17, 15) is 13.2 Å². The molecular weight excluding hydrogens is 339 g/mol. The third-order valence-electron chi connectivity index (χ3n) is 2.60. The maximum Gasteiger partial charge on any atom is 0.244 e. The molecule has 0 unspecified atom stereocenters. The van der Waals surface area contributed by atoms with E-state index >= 15 is 0 Å². The molecule has 0 aliphatic carbocycles. The van der Waals surface area contributed by atoms with Crippen molar-refractivity contribution in [2.45, 2.75) is 4.90 Å². The smallest absolute Gasteiger partial charge is 0.244 e. The topological polar surface area (TPSA) is 75.7 Å². The molecule has 21 heavy (non-hydrogen) atoms. The van der Waals surface area contributed by atoms with E-state index in [4.69, 9.17) is 27.9 Å². The molecule has 6 nitrogen and oxygen atoms in total. The van der Waals surface area contributed by atoms with Gasteiger partial charge >= 0.3 is 0 Å². The highest BCUT2D eigenvalue weighted by Crippen LogP contribution is 2.30. The molecule has 0 aliphatic rings. The number of hydrogen-bond donors (Lipinski definition) is 1. The van der Waals surface area contributed by atoms with Gasteiger partial charge in [-0.2, -0.15) is 4.31 Å². The predicted octanol–water partition coefficient (Wildman–Crippen LogP) is 1.38. The number of nitrogens with one attached hydrogen (secondary N) is 1. The van der Waals surface area contributed by atoms with Crippen molar-refractivity contribution >= 4 is 39.1 Å². The number of halogens is 2. The number of amides is 1. The van der Waals surface area contributed by atoms with E-state index in [1.165, 1.54) is 32.4 Å². The number of sulfonamides is 1. The van der Waals surface area contributed by atoms with Gasteiger partial charge in [-0.3, -0.25) is 4.79 Å². The normalized spacial score (nSPS) is 11.7. The van der Waals surface area contributed by atoms with Crippen molar-refractivity contribution in [1.29, 1.82) is 0 Å². The van der Waals surface area contributed by atoms with Crippen LogP contribution >= 0.6 is 23.2 Å². The van der Waals surface area contributed by atoms with Crippen molar-refractivity contribution < 1.29 is 17.9 Å². The fourth-order valence-corrected chi connectivity index (χ4v) is 3.35. The Balaban J connectivity index is 2.83. The summed E-state index contributed by atoms with van der Waals surface area (Å²) in [5.41, 5.74) is 0. The van der Waals surface area contributed by atoms with Gasteiger partial charge in [0.2, 0.25) is 15.9 Å². The Morgan fingerprint density at radius 3 is 2.67 bits per heavy atom. The number of carbonyl (C=O) groups excluding carboxylic acids is 1. The summed E-state index contributed by atoms with van der Waals surface area (Å²) >= 11 is 11.7. The van der Waals surface area contributed by atoms with Crippen LogP contribution in [0.3, 0.4) is 0 Å². The highest BCUT2D eigenvalue weighted by atomic mass is 35.5. The molecule has 0 aromatic heterocycles. The van der Waals surface area contributed by atoms with Crippen LogP contribution < -0.4 is 5.32 Å². The highest BCUT2D eigenvalue weighted by Gasteiger charge is 2.26. The van der Waals surface area contributed by atoms with Crippen LogP contribution in [0.1, 0.15) is 0 Å². The van der Waals surface area contributed by atoms with E-state index in [1.807, 2.05) is 0 Å². The third-order valence-corrected chi connectivity index (χ3v) is 5.38. The first-order chi connectivity index (χ1) is 9.80. The Morgan fingerprint density at radius 2 is 2.05 bits per heavy atom. The van der Waals surface area contributed by atoms with Crippen molar-refractivity contribution in [2.24, 2.45) is 0 Å². The van der Waals surface area contributed by atoms with Crippen LogP contribution in [-0.2, 0) is 19.6 Å². The van der Waals surface area contributed by atoms with Gasteiger partial charge < -0.3 is 10.1 Å². The minimum atomic E-state index is -3.89. The predicted molar refractivity (Wildman–Crippen MR) is 81.2 cm³/mol. The fourth-order valence-electron chi connectivity index (χ4n) is 1.49. The zero-order chi connectivity index (χ0) is 16.0. The molecule has 0 radical (unpaired) electrons. The lowest BCUT2D eigenvalue weighted by atomic mass is 10.4. The van der Waals surface area contributed by atoms with E-state index < -0.39 is 15.9 Å². The summed E-state index contributed by atoms with van der Waals surface area (Å²) in [6.45, 7) is 0.332. The molecule has 0 heterocycles. The molecule has 1 rings (SSSR count). The molecule has 0 atom stereocenters. The quantitative estimate of drug-likeness (QED) is 0.750. The van der Waals surface area contributed by atoms with Gasteiger partial charge in [0.05, 0.1) is 23.2 Å². The zero-order valence-corrected chi connectivity index (χ0v) is 13.9. The summed E-state index contributed by atoms with van der Waals surface area (Å²) in [6, 6.07) is 4.30. The SMILES string of the molecule is COCCNC(=O)CN(C)S(=O)(=O)c1cccc(Cl)c1Cl. The molecule has 0 bridgehead atoms. The minimum absolute atomic E-state index is 0.0641. The third kappa shape index (κ3) is 4.82. The Bertz CT molecular complexity index is 607.